The fourth-order valence-electron chi connectivity index (χ4n) is 2.57. The van der Waals surface area contributed by atoms with Gasteiger partial charge in [0.1, 0.15) is 5.82 Å². The van der Waals surface area contributed by atoms with E-state index in [4.69, 9.17) is 0 Å². The van der Waals surface area contributed by atoms with E-state index in [9.17, 15) is 4.79 Å². The third-order valence-electron chi connectivity index (χ3n) is 4.22. The van der Waals surface area contributed by atoms with Gasteiger partial charge in [0.15, 0.2) is 5.16 Å². The van der Waals surface area contributed by atoms with Gasteiger partial charge in [-0.3, -0.25) is 9.48 Å². The third-order valence-corrected chi connectivity index (χ3v) is 5.19. The molecule has 2 heterocycles. The molecule has 0 spiro atoms. The number of nitrogens with one attached hydrogen (secondary N) is 1. The first-order valence-electron chi connectivity index (χ1n) is 9.00. The maximum Gasteiger partial charge on any atom is 0.235 e. The summed E-state index contributed by atoms with van der Waals surface area (Å²) in [6, 6.07) is 1.94. The summed E-state index contributed by atoms with van der Waals surface area (Å²) in [6.45, 7) is 15.7. The number of amides is 1. The first-order valence-corrected chi connectivity index (χ1v) is 9.98. The highest BCUT2D eigenvalue weighted by Gasteiger charge is 2.20. The van der Waals surface area contributed by atoms with E-state index in [0.29, 0.717) is 11.7 Å². The molecule has 26 heavy (non-hydrogen) atoms. The van der Waals surface area contributed by atoms with Crippen LogP contribution in [-0.2, 0) is 23.8 Å². The van der Waals surface area contributed by atoms with Crippen molar-refractivity contribution in [3.8, 4) is 0 Å². The molecule has 6 nitrogen and oxygen atoms in total. The average Bonchev–Trinajstić information content (AvgIpc) is 3.00. The van der Waals surface area contributed by atoms with E-state index in [1.54, 1.807) is 4.68 Å². The minimum Gasteiger partial charge on any atom is -0.323 e. The molecule has 1 N–H and O–H groups in total. The Labute approximate surface area is 160 Å². The summed E-state index contributed by atoms with van der Waals surface area (Å²) in [7, 11) is 1.85. The first-order chi connectivity index (χ1) is 12.0. The maximum absolute atomic E-state index is 12.4. The lowest BCUT2D eigenvalue weighted by Crippen LogP contribution is -2.17. The zero-order valence-electron chi connectivity index (χ0n) is 17.2. The summed E-state index contributed by atoms with van der Waals surface area (Å²) in [4.78, 5) is 17.0. The Balaban J connectivity index is 2.04. The van der Waals surface area contributed by atoms with E-state index in [1.807, 2.05) is 20.0 Å². The second-order valence-corrected chi connectivity index (χ2v) is 9.14. The van der Waals surface area contributed by atoms with Crippen molar-refractivity contribution in [3.63, 3.8) is 0 Å². The Bertz CT molecular complexity index is 783. The maximum atomic E-state index is 12.4. The normalized spacial score (nSPS) is 12.0. The van der Waals surface area contributed by atoms with Gasteiger partial charge in [0.25, 0.3) is 0 Å². The van der Waals surface area contributed by atoms with Crippen LogP contribution >= 0.6 is 11.8 Å². The highest BCUT2D eigenvalue weighted by molar-refractivity contribution is 7.99. The molecule has 0 saturated heterocycles. The number of hydrogen-bond acceptors (Lipinski definition) is 4. The van der Waals surface area contributed by atoms with Crippen molar-refractivity contribution in [2.75, 3.05) is 11.1 Å². The van der Waals surface area contributed by atoms with Gasteiger partial charge in [0, 0.05) is 30.8 Å². The van der Waals surface area contributed by atoms with Crippen molar-refractivity contribution in [3.05, 3.63) is 23.1 Å². The molecule has 0 aromatic carbocycles. The SMILES string of the molecule is Cc1nc(SCC(=O)Nc2cc(C(C)(C)C)nn2C)n(CC(C)C)c1C. The molecule has 0 fully saturated rings. The number of hydrogen-bond donors (Lipinski definition) is 1. The van der Waals surface area contributed by atoms with Crippen LogP contribution in [0.5, 0.6) is 0 Å². The summed E-state index contributed by atoms with van der Waals surface area (Å²) >= 11 is 1.48. The standard InChI is InChI=1S/C19H31N5OS/c1-12(2)10-24-14(4)13(3)20-18(24)26-11-17(25)21-16-9-15(19(5,6)7)22-23(16)8/h9,12H,10-11H2,1-8H3,(H,21,25). The summed E-state index contributed by atoms with van der Waals surface area (Å²) in [6.07, 6.45) is 0. The lowest BCUT2D eigenvalue weighted by molar-refractivity contribution is -0.113. The van der Waals surface area contributed by atoms with Gasteiger partial charge in [-0.25, -0.2) is 4.98 Å². The zero-order valence-corrected chi connectivity index (χ0v) is 18.0. The largest absolute Gasteiger partial charge is 0.323 e. The summed E-state index contributed by atoms with van der Waals surface area (Å²) in [5, 5.41) is 8.36. The lowest BCUT2D eigenvalue weighted by atomic mass is 9.92. The van der Waals surface area contributed by atoms with Gasteiger partial charge in [-0.1, -0.05) is 46.4 Å². The number of aryl methyl sites for hydroxylation is 2. The molecule has 144 valence electrons. The van der Waals surface area contributed by atoms with Crippen LogP contribution in [0.1, 0.15) is 51.7 Å². The fraction of sp³-hybridized carbons (Fsp3) is 0.632. The predicted molar refractivity (Wildman–Crippen MR) is 108 cm³/mol. The van der Waals surface area contributed by atoms with Crippen LogP contribution < -0.4 is 5.32 Å². The van der Waals surface area contributed by atoms with Gasteiger partial charge in [-0.15, -0.1) is 0 Å². The molecule has 0 aliphatic rings. The van der Waals surface area contributed by atoms with Crippen LogP contribution in [0.15, 0.2) is 11.2 Å². The van der Waals surface area contributed by atoms with Crippen LogP contribution in [0.3, 0.4) is 0 Å². The first kappa shape index (κ1) is 20.6. The van der Waals surface area contributed by atoms with Crippen molar-refractivity contribution in [1.82, 2.24) is 19.3 Å². The Morgan fingerprint density at radius 3 is 2.50 bits per heavy atom. The van der Waals surface area contributed by atoms with Crippen LogP contribution in [0.4, 0.5) is 5.82 Å². The Morgan fingerprint density at radius 2 is 1.96 bits per heavy atom. The van der Waals surface area contributed by atoms with Crippen molar-refractivity contribution < 1.29 is 4.79 Å². The fourth-order valence-corrected chi connectivity index (χ4v) is 3.47. The highest BCUT2D eigenvalue weighted by atomic mass is 32.2. The Morgan fingerprint density at radius 1 is 1.31 bits per heavy atom. The van der Waals surface area contributed by atoms with Crippen LogP contribution in [0, 0.1) is 19.8 Å². The van der Waals surface area contributed by atoms with E-state index in [2.05, 4.69) is 61.5 Å². The molecule has 1 amide bonds. The minimum atomic E-state index is -0.0495. The monoisotopic (exact) mass is 377 g/mol. The smallest absolute Gasteiger partial charge is 0.235 e. The van der Waals surface area contributed by atoms with E-state index >= 15 is 0 Å². The van der Waals surface area contributed by atoms with Gasteiger partial charge >= 0.3 is 0 Å². The number of imidazole rings is 1. The molecule has 0 bridgehead atoms. The van der Waals surface area contributed by atoms with Crippen LogP contribution in [-0.4, -0.2) is 31.0 Å². The van der Waals surface area contributed by atoms with E-state index in [1.165, 1.54) is 17.5 Å². The summed E-state index contributed by atoms with van der Waals surface area (Å²) in [5.74, 6) is 1.52. The van der Waals surface area contributed by atoms with Gasteiger partial charge in [0.2, 0.25) is 5.91 Å². The second-order valence-electron chi connectivity index (χ2n) is 8.19. The summed E-state index contributed by atoms with van der Waals surface area (Å²) < 4.78 is 3.93. The highest BCUT2D eigenvalue weighted by Crippen LogP contribution is 2.25. The Kier molecular flexibility index (Phi) is 6.21. The number of thioether (sulfide) groups is 1. The Hall–Kier alpha value is -1.76. The number of carbonyl (C=O) groups excluding carboxylic acids is 1. The van der Waals surface area contributed by atoms with Crippen LogP contribution in [0.2, 0.25) is 0 Å². The lowest BCUT2D eigenvalue weighted by Gasteiger charge is -2.13. The van der Waals surface area contributed by atoms with Gasteiger partial charge < -0.3 is 9.88 Å². The third kappa shape index (κ3) is 4.90. The molecule has 0 atom stereocenters. The van der Waals surface area contributed by atoms with Gasteiger partial charge in [-0.05, 0) is 19.8 Å². The van der Waals surface area contributed by atoms with E-state index < -0.39 is 0 Å². The molecule has 0 unspecified atom stereocenters. The average molecular weight is 378 g/mol. The van der Waals surface area contributed by atoms with Gasteiger partial charge in [-0.2, -0.15) is 5.10 Å². The molecule has 0 saturated carbocycles. The number of nitrogens with zero attached hydrogens (tertiary/aromatic N) is 4. The summed E-state index contributed by atoms with van der Waals surface area (Å²) in [5.41, 5.74) is 3.10. The molecular weight excluding hydrogens is 346 g/mol. The number of carbonyl (C=O) groups is 1. The molecule has 0 radical (unpaired) electrons. The number of rotatable bonds is 6. The molecule has 0 aliphatic carbocycles. The molecule has 0 aliphatic heterocycles. The van der Waals surface area contributed by atoms with E-state index in [-0.39, 0.29) is 11.3 Å². The molecule has 2 aromatic heterocycles. The number of anilines is 1. The molecule has 2 aromatic rings. The minimum absolute atomic E-state index is 0.0483. The predicted octanol–water partition coefficient (Wildman–Crippen LogP) is 3.92. The van der Waals surface area contributed by atoms with Crippen molar-refractivity contribution in [2.45, 2.75) is 65.6 Å². The van der Waals surface area contributed by atoms with Crippen molar-refractivity contribution in [2.24, 2.45) is 13.0 Å². The zero-order chi connectivity index (χ0) is 19.6. The second kappa shape index (κ2) is 7.86. The van der Waals surface area contributed by atoms with Crippen molar-refractivity contribution >= 4 is 23.5 Å². The molecule has 7 heteroatoms. The van der Waals surface area contributed by atoms with Gasteiger partial charge in [0.05, 0.1) is 17.1 Å². The molecular formula is C19H31N5OS. The van der Waals surface area contributed by atoms with E-state index in [0.717, 1.165) is 28.9 Å². The number of aromatic nitrogens is 4. The van der Waals surface area contributed by atoms with Crippen LogP contribution in [0.25, 0.3) is 0 Å². The topological polar surface area (TPSA) is 64.7 Å². The molecule has 2 rings (SSSR count). The quantitative estimate of drug-likeness (QED) is 0.775. The van der Waals surface area contributed by atoms with Crippen molar-refractivity contribution in [1.29, 1.82) is 0 Å².